The van der Waals surface area contributed by atoms with E-state index in [1.165, 1.54) is 6.92 Å². The quantitative estimate of drug-likeness (QED) is 0.649. The molecule has 136 valence electrons. The average Bonchev–Trinajstić information content (AvgIpc) is 3.13. The molecular weight excluding hydrogens is 387 g/mol. The van der Waals surface area contributed by atoms with E-state index in [9.17, 15) is 4.79 Å². The van der Waals surface area contributed by atoms with Crippen LogP contribution in [-0.4, -0.2) is 16.0 Å². The first-order valence-corrected chi connectivity index (χ1v) is 8.72. The second-order valence-electron chi connectivity index (χ2n) is 5.85. The highest BCUT2D eigenvalue weighted by atomic mass is 35.5. The summed E-state index contributed by atoms with van der Waals surface area (Å²) in [6, 6.07) is 11.4. The van der Waals surface area contributed by atoms with E-state index in [2.05, 4.69) is 15.5 Å². The number of carbonyl (C=O) groups is 1. The molecule has 0 unspecified atom stereocenters. The Hall–Kier alpha value is -2.88. The number of carbonyl (C=O) groups excluding carboxylic acids is 1. The Morgan fingerprint density at radius 3 is 2.52 bits per heavy atom. The van der Waals surface area contributed by atoms with Gasteiger partial charge in [0.15, 0.2) is 11.8 Å². The zero-order chi connectivity index (χ0) is 19.6. The highest BCUT2D eigenvalue weighted by Crippen LogP contribution is 2.30. The van der Waals surface area contributed by atoms with Crippen LogP contribution in [0.3, 0.4) is 0 Å². The lowest BCUT2D eigenvalue weighted by molar-refractivity contribution is -0.118. The van der Waals surface area contributed by atoms with Crippen molar-refractivity contribution in [1.82, 2.24) is 10.2 Å². The molecule has 0 aliphatic heterocycles. The maximum atomic E-state index is 12.2. The molecule has 3 aromatic rings. The largest absolute Gasteiger partial charge is 0.418 e. The van der Waals surface area contributed by atoms with E-state index in [0.29, 0.717) is 32.4 Å². The number of rotatable bonds is 5. The summed E-state index contributed by atoms with van der Waals surface area (Å²) in [5.41, 5.74) is 2.31. The summed E-state index contributed by atoms with van der Waals surface area (Å²) < 4.78 is 5.69. The fraction of sp³-hybridized carbons (Fsp3) is 0.158. The van der Waals surface area contributed by atoms with E-state index in [0.717, 1.165) is 0 Å². The average molecular weight is 401 g/mol. The van der Waals surface area contributed by atoms with E-state index in [1.807, 2.05) is 6.07 Å². The molecule has 0 spiro atoms. The molecule has 2 aromatic carbocycles. The summed E-state index contributed by atoms with van der Waals surface area (Å²) in [6.07, 6.45) is 0. The predicted octanol–water partition coefficient (Wildman–Crippen LogP) is 4.97. The minimum atomic E-state index is -0.846. The molecular formula is C19H14Cl2N4O2. The Morgan fingerprint density at radius 2 is 1.89 bits per heavy atom. The van der Waals surface area contributed by atoms with Gasteiger partial charge in [0.05, 0.1) is 10.6 Å². The van der Waals surface area contributed by atoms with Crippen molar-refractivity contribution in [3.63, 3.8) is 0 Å². The number of aromatic nitrogens is 2. The summed E-state index contributed by atoms with van der Waals surface area (Å²) in [5.74, 6) is 0.206. The van der Waals surface area contributed by atoms with E-state index in [-0.39, 0.29) is 17.6 Å². The van der Waals surface area contributed by atoms with Gasteiger partial charge in [0, 0.05) is 16.3 Å². The van der Waals surface area contributed by atoms with Gasteiger partial charge in [0.1, 0.15) is 6.07 Å². The molecule has 1 aromatic heterocycles. The van der Waals surface area contributed by atoms with Crippen LogP contribution in [0.5, 0.6) is 0 Å². The lowest BCUT2D eigenvalue weighted by atomic mass is 10.1. The molecule has 1 heterocycles. The third-order valence-electron chi connectivity index (χ3n) is 3.99. The van der Waals surface area contributed by atoms with E-state index in [4.69, 9.17) is 32.9 Å². The molecule has 3 rings (SSSR count). The van der Waals surface area contributed by atoms with Crippen molar-refractivity contribution >= 4 is 34.7 Å². The summed E-state index contributed by atoms with van der Waals surface area (Å²) >= 11 is 12.1. The number of hydrogen-bond donors (Lipinski definition) is 1. The normalized spacial score (nSPS) is 11.7. The number of nitrogens with one attached hydrogen (secondary N) is 1. The molecule has 1 N–H and O–H groups in total. The van der Waals surface area contributed by atoms with Crippen LogP contribution in [0.15, 0.2) is 40.8 Å². The molecule has 6 nitrogen and oxygen atoms in total. The number of ketones is 1. The first kappa shape index (κ1) is 18.9. The SMILES string of the molecule is CC(=O)[C@@H](Nc1ccc(C#N)c(Cl)c1C)c1nnc(-c2ccc(Cl)cc2)o1. The second-order valence-corrected chi connectivity index (χ2v) is 6.67. The van der Waals surface area contributed by atoms with Gasteiger partial charge in [-0.25, -0.2) is 0 Å². The van der Waals surface area contributed by atoms with Crippen LogP contribution in [0.4, 0.5) is 5.69 Å². The predicted molar refractivity (Wildman–Crippen MR) is 103 cm³/mol. The van der Waals surface area contributed by atoms with Gasteiger partial charge >= 0.3 is 0 Å². The van der Waals surface area contributed by atoms with Crippen LogP contribution < -0.4 is 5.32 Å². The summed E-state index contributed by atoms with van der Waals surface area (Å²) in [4.78, 5) is 12.2. The maximum Gasteiger partial charge on any atom is 0.247 e. The van der Waals surface area contributed by atoms with Crippen LogP contribution in [0.2, 0.25) is 10.0 Å². The fourth-order valence-electron chi connectivity index (χ4n) is 2.48. The van der Waals surface area contributed by atoms with Gasteiger partial charge in [0.2, 0.25) is 11.8 Å². The van der Waals surface area contributed by atoms with Crippen LogP contribution in [0.25, 0.3) is 11.5 Å². The molecule has 0 fully saturated rings. The van der Waals surface area contributed by atoms with Crippen molar-refractivity contribution in [2.45, 2.75) is 19.9 Å². The van der Waals surface area contributed by atoms with Gasteiger partial charge < -0.3 is 9.73 Å². The van der Waals surface area contributed by atoms with E-state index >= 15 is 0 Å². The number of halogens is 2. The Kier molecular flexibility index (Phi) is 5.45. The van der Waals surface area contributed by atoms with Gasteiger partial charge in [-0.3, -0.25) is 4.79 Å². The van der Waals surface area contributed by atoms with Gasteiger partial charge in [0.25, 0.3) is 0 Å². The minimum absolute atomic E-state index is 0.132. The molecule has 0 amide bonds. The van der Waals surface area contributed by atoms with Crippen LogP contribution in [0.1, 0.15) is 30.0 Å². The van der Waals surface area contributed by atoms with Crippen molar-refractivity contribution < 1.29 is 9.21 Å². The Morgan fingerprint density at radius 1 is 1.19 bits per heavy atom. The third-order valence-corrected chi connectivity index (χ3v) is 4.73. The van der Waals surface area contributed by atoms with Crippen molar-refractivity contribution in [2.75, 3.05) is 5.32 Å². The maximum absolute atomic E-state index is 12.2. The van der Waals surface area contributed by atoms with Crippen molar-refractivity contribution in [2.24, 2.45) is 0 Å². The van der Waals surface area contributed by atoms with Crippen LogP contribution in [0, 0.1) is 18.3 Å². The molecule has 0 saturated carbocycles. The van der Waals surface area contributed by atoms with Crippen molar-refractivity contribution in [3.05, 3.63) is 63.5 Å². The Labute approximate surface area is 165 Å². The number of benzene rings is 2. The second kappa shape index (κ2) is 7.78. The zero-order valence-corrected chi connectivity index (χ0v) is 16.0. The van der Waals surface area contributed by atoms with Gasteiger partial charge in [-0.05, 0) is 55.8 Å². The third kappa shape index (κ3) is 3.95. The molecule has 8 heteroatoms. The topological polar surface area (TPSA) is 91.8 Å². The van der Waals surface area contributed by atoms with Crippen LogP contribution >= 0.6 is 23.2 Å². The molecule has 0 aliphatic carbocycles. The van der Waals surface area contributed by atoms with Crippen LogP contribution in [-0.2, 0) is 4.79 Å². The smallest absolute Gasteiger partial charge is 0.247 e. The highest BCUT2D eigenvalue weighted by molar-refractivity contribution is 6.33. The molecule has 0 radical (unpaired) electrons. The van der Waals surface area contributed by atoms with Crippen molar-refractivity contribution in [3.8, 4) is 17.5 Å². The molecule has 0 bridgehead atoms. The number of nitrogens with zero attached hydrogens (tertiary/aromatic N) is 3. The first-order chi connectivity index (χ1) is 12.9. The fourth-order valence-corrected chi connectivity index (χ4v) is 2.81. The number of Topliss-reactive ketones (excluding diaryl/α,β-unsaturated/α-hetero) is 1. The zero-order valence-electron chi connectivity index (χ0n) is 14.5. The number of anilines is 1. The Bertz CT molecular complexity index is 1040. The summed E-state index contributed by atoms with van der Waals surface area (Å²) in [5, 5.41) is 21.1. The minimum Gasteiger partial charge on any atom is -0.418 e. The first-order valence-electron chi connectivity index (χ1n) is 7.96. The number of nitriles is 1. The lowest BCUT2D eigenvalue weighted by Crippen LogP contribution is -2.19. The molecule has 27 heavy (non-hydrogen) atoms. The van der Waals surface area contributed by atoms with Gasteiger partial charge in [-0.2, -0.15) is 5.26 Å². The molecule has 0 aliphatic rings. The van der Waals surface area contributed by atoms with Gasteiger partial charge in [-0.15, -0.1) is 10.2 Å². The highest BCUT2D eigenvalue weighted by Gasteiger charge is 2.25. The monoisotopic (exact) mass is 400 g/mol. The van der Waals surface area contributed by atoms with E-state index in [1.54, 1.807) is 43.3 Å². The summed E-state index contributed by atoms with van der Waals surface area (Å²) in [7, 11) is 0. The molecule has 1 atom stereocenters. The molecule has 0 saturated heterocycles. The standard InChI is InChI=1S/C19H14Cl2N4O2/c1-10-15(8-5-13(9-22)16(10)21)23-17(11(2)26)19-25-24-18(27-19)12-3-6-14(20)7-4-12/h3-8,17,23H,1-2H3/t17-/m1/s1. The summed E-state index contributed by atoms with van der Waals surface area (Å²) in [6.45, 7) is 3.18. The van der Waals surface area contributed by atoms with Gasteiger partial charge in [-0.1, -0.05) is 23.2 Å². The van der Waals surface area contributed by atoms with Crippen molar-refractivity contribution in [1.29, 1.82) is 5.26 Å². The van der Waals surface area contributed by atoms with E-state index < -0.39 is 6.04 Å². The number of hydrogen-bond acceptors (Lipinski definition) is 6. The lowest BCUT2D eigenvalue weighted by Gasteiger charge is -2.16. The Balaban J connectivity index is 1.92.